The highest BCUT2D eigenvalue weighted by molar-refractivity contribution is 5.63. The summed E-state index contributed by atoms with van der Waals surface area (Å²) in [5, 5.41) is 27.7. The number of hydrogen-bond donors (Lipinski definition) is 3. The van der Waals surface area contributed by atoms with Crippen molar-refractivity contribution in [2.24, 2.45) is 0 Å². The molecule has 6 nitrogen and oxygen atoms in total. The molecule has 21 heavy (non-hydrogen) atoms. The molecule has 6 heteroatoms. The molecule has 0 aliphatic carbocycles. The zero-order valence-electron chi connectivity index (χ0n) is 11.0. The molecule has 3 rings (SSSR count). The molecule has 0 bridgehead atoms. The van der Waals surface area contributed by atoms with Crippen LogP contribution >= 0.6 is 0 Å². The summed E-state index contributed by atoms with van der Waals surface area (Å²) in [6.45, 7) is 0. The number of nitrogens with one attached hydrogen (secondary N) is 1. The number of ether oxygens (including phenoxy) is 1. The standard InChI is InChI=1S/C15H13N3O3/c19-15(20)13-14(17-18-16-13)21-12-8-6-11(7-9-12)10-4-2-1-3-5-10/h1-9,15,19-20H,(H,16,17,18). The predicted octanol–water partition coefficient (Wildman–Crippen LogP) is 2.25. The first kappa shape index (κ1) is 13.3. The molecule has 106 valence electrons. The Morgan fingerprint density at radius 3 is 2.24 bits per heavy atom. The molecule has 0 aliphatic heterocycles. The van der Waals surface area contributed by atoms with Crippen molar-refractivity contribution in [1.29, 1.82) is 0 Å². The van der Waals surface area contributed by atoms with Crippen molar-refractivity contribution >= 4 is 0 Å². The average molecular weight is 283 g/mol. The van der Waals surface area contributed by atoms with Gasteiger partial charge in [0.15, 0.2) is 5.69 Å². The molecule has 0 atom stereocenters. The number of H-pyrrole nitrogens is 1. The Kier molecular flexibility index (Phi) is 3.63. The van der Waals surface area contributed by atoms with E-state index in [1.165, 1.54) is 0 Å². The van der Waals surface area contributed by atoms with Crippen molar-refractivity contribution in [3.8, 4) is 22.8 Å². The highest BCUT2D eigenvalue weighted by Gasteiger charge is 2.16. The van der Waals surface area contributed by atoms with Crippen LogP contribution in [0, 0.1) is 0 Å². The summed E-state index contributed by atoms with van der Waals surface area (Å²) in [6.07, 6.45) is -1.73. The molecule has 0 radical (unpaired) electrons. The monoisotopic (exact) mass is 283 g/mol. The molecule has 2 aromatic carbocycles. The Morgan fingerprint density at radius 2 is 1.57 bits per heavy atom. The Morgan fingerprint density at radius 1 is 0.905 bits per heavy atom. The van der Waals surface area contributed by atoms with E-state index in [1.807, 2.05) is 42.5 Å². The van der Waals surface area contributed by atoms with Crippen molar-refractivity contribution < 1.29 is 14.9 Å². The smallest absolute Gasteiger partial charge is 0.244 e. The molecule has 3 N–H and O–H groups in total. The van der Waals surface area contributed by atoms with Gasteiger partial charge in [-0.25, -0.2) is 5.10 Å². The lowest BCUT2D eigenvalue weighted by Gasteiger charge is -2.07. The summed E-state index contributed by atoms with van der Waals surface area (Å²) < 4.78 is 5.50. The second-order valence-electron chi connectivity index (χ2n) is 4.39. The van der Waals surface area contributed by atoms with E-state index in [9.17, 15) is 0 Å². The first-order chi connectivity index (χ1) is 10.2. The summed E-state index contributed by atoms with van der Waals surface area (Å²) in [5.41, 5.74) is 2.12. The van der Waals surface area contributed by atoms with Crippen LogP contribution in [-0.4, -0.2) is 25.6 Å². The summed E-state index contributed by atoms with van der Waals surface area (Å²) in [7, 11) is 0. The second kappa shape index (κ2) is 5.74. The largest absolute Gasteiger partial charge is 0.437 e. The second-order valence-corrected chi connectivity index (χ2v) is 4.39. The first-order valence-electron chi connectivity index (χ1n) is 6.34. The molecule has 0 fully saturated rings. The third kappa shape index (κ3) is 2.91. The minimum absolute atomic E-state index is 0.0536. The van der Waals surface area contributed by atoms with E-state index < -0.39 is 6.29 Å². The van der Waals surface area contributed by atoms with Crippen LogP contribution < -0.4 is 4.74 Å². The molecule has 0 amide bonds. The van der Waals surface area contributed by atoms with Crippen LogP contribution in [0.25, 0.3) is 11.1 Å². The number of benzene rings is 2. The fraction of sp³-hybridized carbons (Fsp3) is 0.0667. The maximum absolute atomic E-state index is 9.12. The molecule has 1 aromatic heterocycles. The summed E-state index contributed by atoms with van der Waals surface area (Å²) in [6, 6.07) is 17.4. The summed E-state index contributed by atoms with van der Waals surface area (Å²) in [5.74, 6) is 0.653. The fourth-order valence-electron chi connectivity index (χ4n) is 1.93. The van der Waals surface area contributed by atoms with Crippen molar-refractivity contribution in [3.05, 3.63) is 60.3 Å². The zero-order chi connectivity index (χ0) is 14.7. The number of aromatic amines is 1. The van der Waals surface area contributed by atoms with Gasteiger partial charge in [0, 0.05) is 0 Å². The molecule has 0 saturated carbocycles. The van der Waals surface area contributed by atoms with E-state index in [-0.39, 0.29) is 11.6 Å². The molecule has 0 saturated heterocycles. The van der Waals surface area contributed by atoms with Gasteiger partial charge in [0.2, 0.25) is 12.2 Å². The van der Waals surface area contributed by atoms with Gasteiger partial charge < -0.3 is 14.9 Å². The van der Waals surface area contributed by atoms with Gasteiger partial charge in [-0.3, -0.25) is 0 Å². The van der Waals surface area contributed by atoms with E-state index >= 15 is 0 Å². The van der Waals surface area contributed by atoms with Gasteiger partial charge in [0.1, 0.15) is 5.75 Å². The number of aliphatic hydroxyl groups excluding tert-OH is 1. The fourth-order valence-corrected chi connectivity index (χ4v) is 1.93. The molecule has 0 unspecified atom stereocenters. The molecule has 3 aromatic rings. The van der Waals surface area contributed by atoms with Crippen molar-refractivity contribution in [2.45, 2.75) is 6.29 Å². The highest BCUT2D eigenvalue weighted by Crippen LogP contribution is 2.27. The van der Waals surface area contributed by atoms with Crippen LogP contribution in [0.1, 0.15) is 12.0 Å². The van der Waals surface area contributed by atoms with Crippen molar-refractivity contribution in [3.63, 3.8) is 0 Å². The Hall–Kier alpha value is -2.70. The van der Waals surface area contributed by atoms with Crippen LogP contribution in [0.15, 0.2) is 54.6 Å². The van der Waals surface area contributed by atoms with Gasteiger partial charge >= 0.3 is 0 Å². The number of rotatable bonds is 4. The van der Waals surface area contributed by atoms with E-state index in [2.05, 4.69) is 15.4 Å². The van der Waals surface area contributed by atoms with Gasteiger partial charge in [-0.15, -0.1) is 5.10 Å². The Bertz CT molecular complexity index is 709. The van der Waals surface area contributed by atoms with Crippen LogP contribution in [0.2, 0.25) is 0 Å². The number of nitrogens with zero attached hydrogens (tertiary/aromatic N) is 2. The normalized spacial score (nSPS) is 10.8. The van der Waals surface area contributed by atoms with Crippen LogP contribution in [0.4, 0.5) is 0 Å². The van der Waals surface area contributed by atoms with Crippen LogP contribution in [0.5, 0.6) is 11.6 Å². The van der Waals surface area contributed by atoms with Crippen molar-refractivity contribution in [2.75, 3.05) is 0 Å². The Balaban J connectivity index is 1.80. The molecule has 0 spiro atoms. The maximum Gasteiger partial charge on any atom is 0.244 e. The van der Waals surface area contributed by atoms with Gasteiger partial charge in [0.25, 0.3) is 0 Å². The zero-order valence-corrected chi connectivity index (χ0v) is 11.0. The third-order valence-electron chi connectivity index (χ3n) is 2.97. The van der Waals surface area contributed by atoms with E-state index in [4.69, 9.17) is 14.9 Å². The van der Waals surface area contributed by atoms with Gasteiger partial charge in [-0.1, -0.05) is 47.7 Å². The van der Waals surface area contributed by atoms with Gasteiger partial charge in [0.05, 0.1) is 0 Å². The topological polar surface area (TPSA) is 91.3 Å². The quantitative estimate of drug-likeness (QED) is 0.639. The van der Waals surface area contributed by atoms with Gasteiger partial charge in [-0.2, -0.15) is 0 Å². The number of hydrogen-bond acceptors (Lipinski definition) is 5. The maximum atomic E-state index is 9.12. The summed E-state index contributed by atoms with van der Waals surface area (Å²) >= 11 is 0. The molecule has 0 aliphatic rings. The molecular formula is C15H13N3O3. The molecular weight excluding hydrogens is 270 g/mol. The lowest BCUT2D eigenvalue weighted by molar-refractivity contribution is -0.0470. The third-order valence-corrected chi connectivity index (χ3v) is 2.97. The highest BCUT2D eigenvalue weighted by atomic mass is 16.5. The van der Waals surface area contributed by atoms with Crippen LogP contribution in [0.3, 0.4) is 0 Å². The molecule has 1 heterocycles. The Labute approximate surface area is 120 Å². The first-order valence-corrected chi connectivity index (χ1v) is 6.34. The summed E-state index contributed by atoms with van der Waals surface area (Å²) in [4.78, 5) is 0. The van der Waals surface area contributed by atoms with E-state index in [1.54, 1.807) is 12.1 Å². The number of aliphatic hydroxyl groups is 2. The average Bonchev–Trinajstić information content (AvgIpc) is 2.97. The van der Waals surface area contributed by atoms with E-state index in [0.29, 0.717) is 5.75 Å². The SMILES string of the molecule is OC(O)c1nn[nH]c1Oc1ccc(-c2ccccc2)cc1. The van der Waals surface area contributed by atoms with Gasteiger partial charge in [-0.05, 0) is 23.3 Å². The predicted molar refractivity (Wildman–Crippen MR) is 75.5 cm³/mol. The lowest BCUT2D eigenvalue weighted by atomic mass is 10.1. The lowest BCUT2D eigenvalue weighted by Crippen LogP contribution is -1.98. The van der Waals surface area contributed by atoms with Crippen molar-refractivity contribution in [1.82, 2.24) is 15.4 Å². The van der Waals surface area contributed by atoms with Crippen LogP contribution in [-0.2, 0) is 0 Å². The minimum atomic E-state index is -1.73. The number of aromatic nitrogens is 3. The minimum Gasteiger partial charge on any atom is -0.437 e. The van der Waals surface area contributed by atoms with E-state index in [0.717, 1.165) is 11.1 Å².